The summed E-state index contributed by atoms with van der Waals surface area (Å²) >= 11 is 1.68. The van der Waals surface area contributed by atoms with E-state index in [2.05, 4.69) is 15.8 Å². The Kier molecular flexibility index (Phi) is 6.50. The van der Waals surface area contributed by atoms with Crippen LogP contribution >= 0.6 is 11.8 Å². The highest BCUT2D eigenvalue weighted by molar-refractivity contribution is 7.98. The van der Waals surface area contributed by atoms with Crippen LogP contribution in [0.4, 0.5) is 5.69 Å². The van der Waals surface area contributed by atoms with Gasteiger partial charge in [-0.2, -0.15) is 5.10 Å². The van der Waals surface area contributed by atoms with E-state index < -0.39 is 0 Å². The molecule has 1 amide bonds. The van der Waals surface area contributed by atoms with Crippen LogP contribution in [-0.4, -0.2) is 32.0 Å². The number of ether oxygens (including phenoxy) is 1. The number of nitrogens with zero attached hydrogens (tertiary/aromatic N) is 1. The predicted molar refractivity (Wildman–Crippen MR) is 95.4 cm³/mol. The molecule has 0 radical (unpaired) electrons. The summed E-state index contributed by atoms with van der Waals surface area (Å²) in [5.41, 5.74) is 4.19. The molecule has 0 heterocycles. The second-order valence-corrected chi connectivity index (χ2v) is 5.50. The number of para-hydroxylation sites is 2. The van der Waals surface area contributed by atoms with E-state index >= 15 is 0 Å². The number of benzene rings is 2. The standard InChI is InChI=1S/C17H19N3O2S/c1-22-16-6-4-3-5-15(16)18-12-17(21)20-19-11-13-7-9-14(23-2)10-8-13/h3-11,18H,12H2,1-2H3,(H,20,21). The van der Waals surface area contributed by atoms with Crippen LogP contribution in [0.3, 0.4) is 0 Å². The van der Waals surface area contributed by atoms with Gasteiger partial charge in [0.05, 0.1) is 25.6 Å². The molecule has 0 aromatic heterocycles. The van der Waals surface area contributed by atoms with Crippen LogP contribution in [-0.2, 0) is 4.79 Å². The Labute approximate surface area is 140 Å². The molecule has 5 nitrogen and oxygen atoms in total. The molecule has 0 atom stereocenters. The minimum absolute atomic E-state index is 0.114. The molecule has 2 aromatic carbocycles. The molecule has 0 saturated heterocycles. The molecule has 0 fully saturated rings. The van der Waals surface area contributed by atoms with Crippen molar-refractivity contribution >= 4 is 29.6 Å². The fourth-order valence-corrected chi connectivity index (χ4v) is 2.28. The second kappa shape index (κ2) is 8.85. The smallest absolute Gasteiger partial charge is 0.259 e. The van der Waals surface area contributed by atoms with Crippen LogP contribution in [0.2, 0.25) is 0 Å². The van der Waals surface area contributed by atoms with Gasteiger partial charge in [-0.05, 0) is 36.1 Å². The lowest BCUT2D eigenvalue weighted by molar-refractivity contribution is -0.119. The van der Waals surface area contributed by atoms with Gasteiger partial charge >= 0.3 is 0 Å². The highest BCUT2D eigenvalue weighted by Gasteiger charge is 2.03. The van der Waals surface area contributed by atoms with Crippen molar-refractivity contribution in [3.8, 4) is 5.75 Å². The predicted octanol–water partition coefficient (Wildman–Crippen LogP) is 2.98. The SMILES string of the molecule is COc1ccccc1NCC(=O)NN=Cc1ccc(SC)cc1. The zero-order chi connectivity index (χ0) is 16.5. The van der Waals surface area contributed by atoms with Crippen molar-refractivity contribution in [2.24, 2.45) is 5.10 Å². The quantitative estimate of drug-likeness (QED) is 0.466. The molecule has 23 heavy (non-hydrogen) atoms. The number of nitrogens with one attached hydrogen (secondary N) is 2. The number of methoxy groups -OCH3 is 1. The summed E-state index contributed by atoms with van der Waals surface area (Å²) in [6.45, 7) is 0.114. The lowest BCUT2D eigenvalue weighted by Gasteiger charge is -2.09. The van der Waals surface area contributed by atoms with Crippen molar-refractivity contribution in [2.75, 3.05) is 25.2 Å². The summed E-state index contributed by atoms with van der Waals surface area (Å²) in [4.78, 5) is 13.0. The summed E-state index contributed by atoms with van der Waals surface area (Å²) in [6, 6.07) is 15.4. The average Bonchev–Trinajstić information content (AvgIpc) is 2.60. The molecular formula is C17H19N3O2S. The Morgan fingerprint density at radius 1 is 1.22 bits per heavy atom. The molecular weight excluding hydrogens is 310 g/mol. The number of carbonyl (C=O) groups is 1. The Bertz CT molecular complexity index is 672. The second-order valence-electron chi connectivity index (χ2n) is 4.62. The summed E-state index contributed by atoms with van der Waals surface area (Å²) in [6.07, 6.45) is 3.64. The molecule has 0 aliphatic heterocycles. The maximum absolute atomic E-state index is 11.8. The lowest BCUT2D eigenvalue weighted by atomic mass is 10.2. The van der Waals surface area contributed by atoms with Gasteiger partial charge in [0.2, 0.25) is 0 Å². The molecule has 0 bridgehead atoms. The Balaban J connectivity index is 1.81. The summed E-state index contributed by atoms with van der Waals surface area (Å²) in [5.74, 6) is 0.463. The van der Waals surface area contributed by atoms with E-state index in [0.717, 1.165) is 11.3 Å². The number of amides is 1. The van der Waals surface area contributed by atoms with Crippen LogP contribution < -0.4 is 15.5 Å². The van der Waals surface area contributed by atoms with E-state index in [9.17, 15) is 4.79 Å². The maximum atomic E-state index is 11.8. The molecule has 0 saturated carbocycles. The average molecular weight is 329 g/mol. The van der Waals surface area contributed by atoms with Crippen LogP contribution in [0.1, 0.15) is 5.56 Å². The van der Waals surface area contributed by atoms with Crippen LogP contribution in [0, 0.1) is 0 Å². The zero-order valence-electron chi connectivity index (χ0n) is 13.1. The Morgan fingerprint density at radius 3 is 2.65 bits per heavy atom. The van der Waals surface area contributed by atoms with Crippen LogP contribution in [0.25, 0.3) is 0 Å². The number of hydrogen-bond acceptors (Lipinski definition) is 5. The van der Waals surface area contributed by atoms with E-state index in [1.54, 1.807) is 25.1 Å². The van der Waals surface area contributed by atoms with Crippen LogP contribution in [0.5, 0.6) is 5.75 Å². The molecule has 2 N–H and O–H groups in total. The number of rotatable bonds is 7. The number of carbonyl (C=O) groups excluding carboxylic acids is 1. The van der Waals surface area contributed by atoms with Crippen molar-refractivity contribution in [2.45, 2.75) is 4.90 Å². The third-order valence-corrected chi connectivity index (χ3v) is 3.81. The first-order valence-corrected chi connectivity index (χ1v) is 8.28. The molecule has 0 spiro atoms. The van der Waals surface area contributed by atoms with Crippen molar-refractivity contribution in [3.05, 3.63) is 54.1 Å². The normalized spacial score (nSPS) is 10.5. The van der Waals surface area contributed by atoms with Crippen molar-refractivity contribution < 1.29 is 9.53 Å². The minimum Gasteiger partial charge on any atom is -0.495 e. The van der Waals surface area contributed by atoms with Crippen molar-refractivity contribution in [3.63, 3.8) is 0 Å². The molecule has 2 aromatic rings. The Morgan fingerprint density at radius 2 is 1.96 bits per heavy atom. The topological polar surface area (TPSA) is 62.7 Å². The van der Waals surface area contributed by atoms with Gasteiger partial charge in [-0.25, -0.2) is 5.43 Å². The first-order valence-electron chi connectivity index (χ1n) is 7.06. The molecule has 0 aliphatic carbocycles. The largest absolute Gasteiger partial charge is 0.495 e. The fraction of sp³-hybridized carbons (Fsp3) is 0.176. The Hall–Kier alpha value is -2.47. The van der Waals surface area contributed by atoms with Gasteiger partial charge in [0.1, 0.15) is 5.75 Å². The van der Waals surface area contributed by atoms with Crippen molar-refractivity contribution in [1.29, 1.82) is 0 Å². The van der Waals surface area contributed by atoms with Gasteiger partial charge in [0, 0.05) is 4.90 Å². The number of thioether (sulfide) groups is 1. The maximum Gasteiger partial charge on any atom is 0.259 e. The van der Waals surface area contributed by atoms with Gasteiger partial charge in [0.25, 0.3) is 5.91 Å². The third-order valence-electron chi connectivity index (χ3n) is 3.07. The zero-order valence-corrected chi connectivity index (χ0v) is 13.9. The van der Waals surface area contributed by atoms with E-state index in [-0.39, 0.29) is 12.5 Å². The molecule has 0 unspecified atom stereocenters. The monoisotopic (exact) mass is 329 g/mol. The summed E-state index contributed by atoms with van der Waals surface area (Å²) in [5, 5.41) is 6.96. The number of anilines is 1. The minimum atomic E-state index is -0.229. The first-order chi connectivity index (χ1) is 11.2. The molecule has 120 valence electrons. The van der Waals surface area contributed by atoms with E-state index in [1.165, 1.54) is 4.90 Å². The van der Waals surface area contributed by atoms with Crippen LogP contribution in [0.15, 0.2) is 58.5 Å². The van der Waals surface area contributed by atoms with Gasteiger partial charge in [-0.1, -0.05) is 24.3 Å². The number of hydrazone groups is 1. The molecule has 6 heteroatoms. The van der Waals surface area contributed by atoms with E-state index in [1.807, 2.05) is 54.8 Å². The molecule has 0 aliphatic rings. The fourth-order valence-electron chi connectivity index (χ4n) is 1.87. The van der Waals surface area contributed by atoms with E-state index in [0.29, 0.717) is 5.75 Å². The first kappa shape index (κ1) is 16.9. The molecule has 2 rings (SSSR count). The van der Waals surface area contributed by atoms with E-state index in [4.69, 9.17) is 4.74 Å². The van der Waals surface area contributed by atoms with Crippen molar-refractivity contribution in [1.82, 2.24) is 5.43 Å². The summed E-state index contributed by atoms with van der Waals surface area (Å²) in [7, 11) is 1.59. The summed E-state index contributed by atoms with van der Waals surface area (Å²) < 4.78 is 5.21. The highest BCUT2D eigenvalue weighted by Crippen LogP contribution is 2.22. The van der Waals surface area contributed by atoms with Gasteiger partial charge < -0.3 is 10.1 Å². The third kappa shape index (κ3) is 5.34. The van der Waals surface area contributed by atoms with Gasteiger partial charge in [0.15, 0.2) is 0 Å². The van der Waals surface area contributed by atoms with Gasteiger partial charge in [-0.15, -0.1) is 11.8 Å². The highest BCUT2D eigenvalue weighted by atomic mass is 32.2. The lowest BCUT2D eigenvalue weighted by Crippen LogP contribution is -2.26. The van der Waals surface area contributed by atoms with Gasteiger partial charge in [-0.3, -0.25) is 4.79 Å². The number of hydrogen-bond donors (Lipinski definition) is 2.